The van der Waals surface area contributed by atoms with Crippen LogP contribution in [0.4, 0.5) is 0 Å². The van der Waals surface area contributed by atoms with Gasteiger partial charge in [0.1, 0.15) is 10.8 Å². The molecule has 4 heteroatoms. The molecule has 1 aromatic carbocycles. The smallest absolute Gasteiger partial charge is 0.171 e. The van der Waals surface area contributed by atoms with Crippen LogP contribution in [0.2, 0.25) is 10.0 Å². The van der Waals surface area contributed by atoms with E-state index >= 15 is 0 Å². The summed E-state index contributed by atoms with van der Waals surface area (Å²) in [5.74, 6) is 0.974. The third-order valence-electron chi connectivity index (χ3n) is 4.75. The van der Waals surface area contributed by atoms with Gasteiger partial charge in [0.25, 0.3) is 0 Å². The number of fused-ring (bicyclic) bond motifs is 3. The van der Waals surface area contributed by atoms with Crippen LogP contribution in [0.5, 0.6) is 5.75 Å². The molecule has 1 fully saturated rings. The third-order valence-corrected chi connectivity index (χ3v) is 5.60. The van der Waals surface area contributed by atoms with Gasteiger partial charge in [0.2, 0.25) is 0 Å². The molecule has 2 aliphatic carbocycles. The van der Waals surface area contributed by atoms with Crippen LogP contribution in [0, 0.1) is 5.41 Å². The molecule has 0 aliphatic heterocycles. The van der Waals surface area contributed by atoms with E-state index in [1.807, 2.05) is 6.07 Å². The van der Waals surface area contributed by atoms with E-state index in [0.29, 0.717) is 21.4 Å². The lowest BCUT2D eigenvalue weighted by atomic mass is 9.68. The van der Waals surface area contributed by atoms with E-state index in [2.05, 4.69) is 6.92 Å². The lowest BCUT2D eigenvalue weighted by Gasteiger charge is -2.34. The van der Waals surface area contributed by atoms with Crippen LogP contribution < -0.4 is 4.74 Å². The lowest BCUT2D eigenvalue weighted by Crippen LogP contribution is -2.30. The van der Waals surface area contributed by atoms with Crippen LogP contribution in [-0.2, 0) is 0 Å². The summed E-state index contributed by atoms with van der Waals surface area (Å²) >= 11 is 12.5. The Labute approximate surface area is 123 Å². The highest BCUT2D eigenvalue weighted by molar-refractivity contribution is 6.45. The Morgan fingerprint density at radius 2 is 2.05 bits per heavy atom. The minimum Gasteiger partial charge on any atom is -0.495 e. The van der Waals surface area contributed by atoms with Crippen LogP contribution in [0.1, 0.15) is 54.4 Å². The van der Waals surface area contributed by atoms with Crippen molar-refractivity contribution >= 4 is 29.0 Å². The van der Waals surface area contributed by atoms with Gasteiger partial charge in [-0.25, -0.2) is 0 Å². The van der Waals surface area contributed by atoms with Crippen molar-refractivity contribution in [1.82, 2.24) is 0 Å². The van der Waals surface area contributed by atoms with Gasteiger partial charge in [-0.15, -0.1) is 0 Å². The second-order valence-electron chi connectivity index (χ2n) is 5.72. The summed E-state index contributed by atoms with van der Waals surface area (Å²) in [5.41, 5.74) is 1.35. The number of halogens is 2. The topological polar surface area (TPSA) is 26.3 Å². The SMILES string of the molecule is COc1cc2c(c(Cl)c1Cl)C(=O)[C@@]1(C)CCCC[C@@H]21. The first-order chi connectivity index (χ1) is 9.00. The molecular formula is C15H16Cl2O2. The van der Waals surface area contributed by atoms with Crippen molar-refractivity contribution in [2.24, 2.45) is 5.41 Å². The van der Waals surface area contributed by atoms with Gasteiger partial charge in [0.15, 0.2) is 5.78 Å². The maximum Gasteiger partial charge on any atom is 0.171 e. The quantitative estimate of drug-likeness (QED) is 0.740. The van der Waals surface area contributed by atoms with E-state index in [1.54, 1.807) is 7.11 Å². The maximum absolute atomic E-state index is 12.7. The predicted molar refractivity (Wildman–Crippen MR) is 76.7 cm³/mol. The van der Waals surface area contributed by atoms with Crippen molar-refractivity contribution < 1.29 is 9.53 Å². The number of hydrogen-bond acceptors (Lipinski definition) is 2. The van der Waals surface area contributed by atoms with Crippen molar-refractivity contribution in [3.05, 3.63) is 27.2 Å². The van der Waals surface area contributed by atoms with Gasteiger partial charge >= 0.3 is 0 Å². The fraction of sp³-hybridized carbons (Fsp3) is 0.533. The van der Waals surface area contributed by atoms with Gasteiger partial charge in [-0.05, 0) is 30.4 Å². The Morgan fingerprint density at radius 1 is 1.32 bits per heavy atom. The van der Waals surface area contributed by atoms with E-state index in [1.165, 1.54) is 0 Å². The Kier molecular flexibility index (Phi) is 3.06. The average molecular weight is 299 g/mol. The zero-order chi connectivity index (χ0) is 13.8. The Hall–Kier alpha value is -0.730. The van der Waals surface area contributed by atoms with Gasteiger partial charge in [-0.2, -0.15) is 0 Å². The number of methoxy groups -OCH3 is 1. The van der Waals surface area contributed by atoms with Crippen LogP contribution in [-0.4, -0.2) is 12.9 Å². The minimum absolute atomic E-state index is 0.154. The second kappa shape index (κ2) is 4.39. The molecule has 0 unspecified atom stereocenters. The monoisotopic (exact) mass is 298 g/mol. The Morgan fingerprint density at radius 3 is 2.74 bits per heavy atom. The number of rotatable bonds is 1. The fourth-order valence-electron chi connectivity index (χ4n) is 3.67. The standard InChI is InChI=1S/C15H16Cl2O2/c1-15-6-4-3-5-9(15)8-7-10(19-2)12(16)13(17)11(8)14(15)18/h7,9H,3-6H2,1-2H3/t9-,15-/m0/s1. The highest BCUT2D eigenvalue weighted by Crippen LogP contribution is 2.58. The van der Waals surface area contributed by atoms with Crippen molar-refractivity contribution in [1.29, 1.82) is 0 Å². The summed E-state index contributed by atoms with van der Waals surface area (Å²) in [6.07, 6.45) is 4.24. The third kappa shape index (κ3) is 1.66. The second-order valence-corrected chi connectivity index (χ2v) is 6.47. The number of ether oxygens (including phenoxy) is 1. The zero-order valence-electron chi connectivity index (χ0n) is 11.1. The zero-order valence-corrected chi connectivity index (χ0v) is 12.6. The van der Waals surface area contributed by atoms with E-state index in [-0.39, 0.29) is 17.1 Å². The van der Waals surface area contributed by atoms with Gasteiger partial charge in [-0.3, -0.25) is 4.79 Å². The summed E-state index contributed by atoms with van der Waals surface area (Å²) in [5, 5.41) is 0.704. The van der Waals surface area contributed by atoms with Gasteiger partial charge in [0.05, 0.1) is 12.1 Å². The first kappa shape index (κ1) is 13.3. The molecule has 2 atom stereocenters. The first-order valence-electron chi connectivity index (χ1n) is 6.61. The van der Waals surface area contributed by atoms with Gasteiger partial charge in [0, 0.05) is 11.0 Å². The van der Waals surface area contributed by atoms with E-state index in [9.17, 15) is 4.79 Å². The molecule has 0 heterocycles. The van der Waals surface area contributed by atoms with Gasteiger partial charge in [-0.1, -0.05) is 43.0 Å². The van der Waals surface area contributed by atoms with Crippen LogP contribution >= 0.6 is 23.2 Å². The summed E-state index contributed by atoms with van der Waals surface area (Å²) in [4.78, 5) is 12.7. The number of benzene rings is 1. The van der Waals surface area contributed by atoms with E-state index in [4.69, 9.17) is 27.9 Å². The molecule has 1 aromatic rings. The molecule has 0 radical (unpaired) electrons. The molecule has 0 saturated heterocycles. The van der Waals surface area contributed by atoms with Crippen LogP contribution in [0.15, 0.2) is 6.07 Å². The van der Waals surface area contributed by atoms with E-state index < -0.39 is 0 Å². The summed E-state index contributed by atoms with van der Waals surface area (Å²) in [6.45, 7) is 2.07. The maximum atomic E-state index is 12.7. The molecule has 1 saturated carbocycles. The fourth-order valence-corrected chi connectivity index (χ4v) is 4.18. The lowest BCUT2D eigenvalue weighted by molar-refractivity contribution is 0.0748. The van der Waals surface area contributed by atoms with Crippen molar-refractivity contribution in [3.8, 4) is 5.75 Å². The molecule has 2 nitrogen and oxygen atoms in total. The number of carbonyl (C=O) groups excluding carboxylic acids is 1. The van der Waals surface area contributed by atoms with Crippen molar-refractivity contribution in [2.45, 2.75) is 38.5 Å². The highest BCUT2D eigenvalue weighted by Gasteiger charge is 2.51. The molecule has 0 aromatic heterocycles. The van der Waals surface area contributed by atoms with Crippen molar-refractivity contribution in [2.75, 3.05) is 7.11 Å². The Balaban J connectivity index is 2.25. The number of Topliss-reactive ketones (excluding diaryl/α,β-unsaturated/α-hetero) is 1. The number of hydrogen-bond donors (Lipinski definition) is 0. The molecule has 3 rings (SSSR count). The summed E-state index contributed by atoms with van der Waals surface area (Å²) in [6, 6.07) is 1.91. The first-order valence-corrected chi connectivity index (χ1v) is 7.37. The van der Waals surface area contributed by atoms with Crippen molar-refractivity contribution in [3.63, 3.8) is 0 Å². The molecule has 0 spiro atoms. The molecule has 0 bridgehead atoms. The Bertz CT molecular complexity index is 568. The van der Waals surface area contributed by atoms with Gasteiger partial charge < -0.3 is 4.74 Å². The molecular weight excluding hydrogens is 283 g/mol. The van der Waals surface area contributed by atoms with Crippen LogP contribution in [0.3, 0.4) is 0 Å². The molecule has 2 aliphatic rings. The highest BCUT2D eigenvalue weighted by atomic mass is 35.5. The van der Waals surface area contributed by atoms with Crippen LogP contribution in [0.25, 0.3) is 0 Å². The normalized spacial score (nSPS) is 29.1. The number of carbonyl (C=O) groups is 1. The number of ketones is 1. The molecule has 0 amide bonds. The molecule has 19 heavy (non-hydrogen) atoms. The largest absolute Gasteiger partial charge is 0.495 e. The minimum atomic E-state index is -0.306. The average Bonchev–Trinajstić information content (AvgIpc) is 2.63. The summed E-state index contributed by atoms with van der Waals surface area (Å²) in [7, 11) is 1.57. The summed E-state index contributed by atoms with van der Waals surface area (Å²) < 4.78 is 5.27. The van der Waals surface area contributed by atoms with E-state index in [0.717, 1.165) is 31.2 Å². The molecule has 102 valence electrons. The molecule has 0 N–H and O–H groups in total. The predicted octanol–water partition coefficient (Wildman–Crippen LogP) is 4.86.